The molecule has 0 aliphatic heterocycles. The molecule has 2 rings (SSSR count). The minimum absolute atomic E-state index is 0.264. The van der Waals surface area contributed by atoms with E-state index in [0.29, 0.717) is 12.5 Å². The summed E-state index contributed by atoms with van der Waals surface area (Å²) in [6, 6.07) is 2.98. The first-order valence-electron chi connectivity index (χ1n) is 5.47. The molecule has 1 aliphatic rings. The average Bonchev–Trinajstić information content (AvgIpc) is 3.08. The fourth-order valence-electron chi connectivity index (χ4n) is 1.62. The Kier molecular flexibility index (Phi) is 3.14. The predicted molar refractivity (Wildman–Crippen MR) is 59.3 cm³/mol. The average molecular weight is 260 g/mol. The van der Waals surface area contributed by atoms with E-state index >= 15 is 0 Å². The zero-order chi connectivity index (χ0) is 13.3. The second-order valence-electron chi connectivity index (χ2n) is 4.31. The molecule has 1 saturated carbocycles. The molecular weight excluding hydrogens is 249 g/mol. The lowest BCUT2D eigenvalue weighted by Gasteiger charge is -2.10. The van der Waals surface area contributed by atoms with Crippen molar-refractivity contribution in [2.45, 2.75) is 19.0 Å². The molecule has 0 amide bonds. The Balaban J connectivity index is 2.25. The number of benzene rings is 1. The summed E-state index contributed by atoms with van der Waals surface area (Å²) in [5, 5.41) is 13.4. The van der Waals surface area contributed by atoms with E-state index < -0.39 is 22.4 Å². The van der Waals surface area contributed by atoms with Gasteiger partial charge in [0.25, 0.3) is 5.69 Å². The highest BCUT2D eigenvalue weighted by atomic mass is 19.4. The summed E-state index contributed by atoms with van der Waals surface area (Å²) in [6.07, 6.45) is -2.57. The summed E-state index contributed by atoms with van der Waals surface area (Å²) in [5.74, 6) is 0.509. The zero-order valence-corrected chi connectivity index (χ0v) is 9.33. The van der Waals surface area contributed by atoms with E-state index in [2.05, 4.69) is 5.32 Å². The summed E-state index contributed by atoms with van der Waals surface area (Å²) in [6.45, 7) is 0.606. The lowest BCUT2D eigenvalue weighted by molar-refractivity contribution is -0.388. The number of halogens is 3. The number of nitrogens with one attached hydrogen (secondary N) is 1. The second-order valence-corrected chi connectivity index (χ2v) is 4.31. The summed E-state index contributed by atoms with van der Waals surface area (Å²) in [4.78, 5) is 9.52. The zero-order valence-electron chi connectivity index (χ0n) is 9.33. The van der Waals surface area contributed by atoms with Crippen LogP contribution >= 0.6 is 0 Å². The molecule has 0 radical (unpaired) electrons. The van der Waals surface area contributed by atoms with Gasteiger partial charge in [0.05, 0.1) is 4.92 Å². The van der Waals surface area contributed by atoms with E-state index in [1.807, 2.05) is 0 Å². The van der Waals surface area contributed by atoms with Crippen LogP contribution in [0.25, 0.3) is 0 Å². The van der Waals surface area contributed by atoms with Crippen molar-refractivity contribution in [1.82, 2.24) is 0 Å². The van der Waals surface area contributed by atoms with Gasteiger partial charge in [-0.05, 0) is 30.9 Å². The SMILES string of the molecule is O=[N+]([O-])c1ccc(NCC2CC2)cc1C(F)(F)F. The smallest absolute Gasteiger partial charge is 0.385 e. The van der Waals surface area contributed by atoms with E-state index in [0.717, 1.165) is 25.0 Å². The monoisotopic (exact) mass is 260 g/mol. The molecule has 0 saturated heterocycles. The van der Waals surface area contributed by atoms with Crippen LogP contribution in [0.3, 0.4) is 0 Å². The van der Waals surface area contributed by atoms with Crippen molar-refractivity contribution in [2.75, 3.05) is 11.9 Å². The van der Waals surface area contributed by atoms with Gasteiger partial charge in [-0.1, -0.05) is 0 Å². The van der Waals surface area contributed by atoms with E-state index in [-0.39, 0.29) is 5.69 Å². The number of nitro groups is 1. The van der Waals surface area contributed by atoms with E-state index in [1.54, 1.807) is 0 Å². The van der Waals surface area contributed by atoms with Crippen molar-refractivity contribution in [3.05, 3.63) is 33.9 Å². The number of alkyl halides is 3. The number of nitro benzene ring substituents is 1. The molecule has 7 heteroatoms. The third kappa shape index (κ3) is 2.91. The molecule has 0 aromatic heterocycles. The Hall–Kier alpha value is -1.79. The van der Waals surface area contributed by atoms with Gasteiger partial charge in [-0.3, -0.25) is 10.1 Å². The Morgan fingerprint density at radius 2 is 2.06 bits per heavy atom. The first-order chi connectivity index (χ1) is 8.38. The Morgan fingerprint density at radius 3 is 2.56 bits per heavy atom. The summed E-state index contributed by atoms with van der Waals surface area (Å²) in [7, 11) is 0. The maximum atomic E-state index is 12.7. The Bertz CT molecular complexity index is 470. The molecule has 0 atom stereocenters. The predicted octanol–water partition coefficient (Wildman–Crippen LogP) is 3.44. The largest absolute Gasteiger partial charge is 0.423 e. The molecular formula is C11H11F3N2O2. The molecule has 0 bridgehead atoms. The molecule has 18 heavy (non-hydrogen) atoms. The van der Waals surface area contributed by atoms with Gasteiger partial charge in [0.1, 0.15) is 5.56 Å². The minimum Gasteiger partial charge on any atom is -0.385 e. The minimum atomic E-state index is -4.72. The van der Waals surface area contributed by atoms with E-state index in [1.165, 1.54) is 6.07 Å². The van der Waals surface area contributed by atoms with Crippen molar-refractivity contribution in [3.8, 4) is 0 Å². The Morgan fingerprint density at radius 1 is 1.39 bits per heavy atom. The highest BCUT2D eigenvalue weighted by Crippen LogP contribution is 2.38. The fraction of sp³-hybridized carbons (Fsp3) is 0.455. The van der Waals surface area contributed by atoms with Crippen molar-refractivity contribution in [3.63, 3.8) is 0 Å². The normalized spacial score (nSPS) is 15.5. The number of hydrogen-bond acceptors (Lipinski definition) is 3. The third-order valence-electron chi connectivity index (χ3n) is 2.79. The number of rotatable bonds is 4. The van der Waals surface area contributed by atoms with Crippen LogP contribution in [0.15, 0.2) is 18.2 Å². The standard InChI is InChI=1S/C11H11F3N2O2/c12-11(13,14)9-5-8(15-6-7-1-2-7)3-4-10(9)16(17)18/h3-5,7,15H,1-2,6H2. The summed E-state index contributed by atoms with van der Waals surface area (Å²) in [5.41, 5.74) is -1.87. The van der Waals surface area contributed by atoms with E-state index in [9.17, 15) is 23.3 Å². The maximum absolute atomic E-state index is 12.7. The molecule has 1 aromatic carbocycles. The third-order valence-corrected chi connectivity index (χ3v) is 2.79. The van der Waals surface area contributed by atoms with Gasteiger partial charge in [-0.2, -0.15) is 13.2 Å². The molecule has 98 valence electrons. The van der Waals surface area contributed by atoms with Crippen LogP contribution in [0.4, 0.5) is 24.5 Å². The summed E-state index contributed by atoms with van der Waals surface area (Å²) >= 11 is 0. The highest BCUT2D eigenvalue weighted by Gasteiger charge is 2.38. The van der Waals surface area contributed by atoms with Crippen LogP contribution < -0.4 is 5.32 Å². The van der Waals surface area contributed by atoms with Gasteiger partial charge in [-0.25, -0.2) is 0 Å². The first-order valence-corrected chi connectivity index (χ1v) is 5.47. The lowest BCUT2D eigenvalue weighted by atomic mass is 10.1. The topological polar surface area (TPSA) is 55.2 Å². The van der Waals surface area contributed by atoms with Crippen LogP contribution in [-0.4, -0.2) is 11.5 Å². The molecule has 0 unspecified atom stereocenters. The molecule has 1 fully saturated rings. The van der Waals surface area contributed by atoms with E-state index in [4.69, 9.17) is 0 Å². The molecule has 1 N–H and O–H groups in total. The lowest BCUT2D eigenvalue weighted by Crippen LogP contribution is -2.11. The first kappa shape index (κ1) is 12.7. The van der Waals surface area contributed by atoms with Crippen LogP contribution in [0, 0.1) is 16.0 Å². The van der Waals surface area contributed by atoms with Crippen LogP contribution in [-0.2, 0) is 6.18 Å². The van der Waals surface area contributed by atoms with Crippen molar-refractivity contribution >= 4 is 11.4 Å². The molecule has 1 aromatic rings. The number of nitrogens with zero attached hydrogens (tertiary/aromatic N) is 1. The Labute approximate surface area is 101 Å². The molecule has 0 spiro atoms. The van der Waals surface area contributed by atoms with Crippen molar-refractivity contribution < 1.29 is 18.1 Å². The van der Waals surface area contributed by atoms with Gasteiger partial charge < -0.3 is 5.32 Å². The number of anilines is 1. The van der Waals surface area contributed by atoms with Crippen molar-refractivity contribution in [2.24, 2.45) is 5.92 Å². The maximum Gasteiger partial charge on any atom is 0.423 e. The van der Waals surface area contributed by atoms with Crippen LogP contribution in [0.1, 0.15) is 18.4 Å². The summed E-state index contributed by atoms with van der Waals surface area (Å²) < 4.78 is 38.0. The van der Waals surface area contributed by atoms with Crippen LogP contribution in [0.2, 0.25) is 0 Å². The van der Waals surface area contributed by atoms with Gasteiger partial charge in [0, 0.05) is 18.3 Å². The van der Waals surface area contributed by atoms with Gasteiger partial charge in [-0.15, -0.1) is 0 Å². The highest BCUT2D eigenvalue weighted by molar-refractivity contribution is 5.55. The van der Waals surface area contributed by atoms with Gasteiger partial charge >= 0.3 is 6.18 Å². The second kappa shape index (κ2) is 4.47. The number of hydrogen-bond donors (Lipinski definition) is 1. The van der Waals surface area contributed by atoms with Gasteiger partial charge in [0.15, 0.2) is 0 Å². The van der Waals surface area contributed by atoms with Crippen LogP contribution in [0.5, 0.6) is 0 Å². The molecule has 1 aliphatic carbocycles. The molecule has 0 heterocycles. The molecule has 4 nitrogen and oxygen atoms in total. The fourth-order valence-corrected chi connectivity index (χ4v) is 1.62. The van der Waals surface area contributed by atoms with Crippen molar-refractivity contribution in [1.29, 1.82) is 0 Å². The van der Waals surface area contributed by atoms with Gasteiger partial charge in [0.2, 0.25) is 0 Å². The quantitative estimate of drug-likeness (QED) is 0.666.